The SMILES string of the molecule is COc1ccc(CN(CCCCC/C=C\[B]C(=O)NS(=O)(=O)C2CC2)C(=O)N2C[C@H](Oc3nc(-c4ccccc4)nc4c(C)c(OC)ccc34)C[C@H]2C(N)=O)cc1. The van der Waals surface area contributed by atoms with Gasteiger partial charge in [-0.2, -0.15) is 4.98 Å². The summed E-state index contributed by atoms with van der Waals surface area (Å²) in [4.78, 5) is 52.2. The van der Waals surface area contributed by atoms with Gasteiger partial charge in [0.15, 0.2) is 11.6 Å². The van der Waals surface area contributed by atoms with Crippen molar-refractivity contribution >= 4 is 46.0 Å². The molecule has 57 heavy (non-hydrogen) atoms. The number of sulfonamides is 1. The van der Waals surface area contributed by atoms with Crippen molar-refractivity contribution in [1.82, 2.24) is 24.5 Å². The van der Waals surface area contributed by atoms with E-state index in [4.69, 9.17) is 29.9 Å². The highest BCUT2D eigenvalue weighted by Crippen LogP contribution is 2.35. The number of unbranched alkanes of at least 4 members (excludes halogenated alkanes) is 3. The van der Waals surface area contributed by atoms with Crippen LogP contribution in [0.15, 0.2) is 78.8 Å². The molecule has 3 N–H and O–H groups in total. The van der Waals surface area contributed by atoms with Crippen molar-refractivity contribution in [2.45, 2.75) is 75.8 Å². The largest absolute Gasteiger partial charge is 0.497 e. The number of aromatic nitrogens is 2. The predicted molar refractivity (Wildman–Crippen MR) is 218 cm³/mol. The predicted octanol–water partition coefficient (Wildman–Crippen LogP) is 5.53. The first-order valence-corrected chi connectivity index (χ1v) is 20.6. The van der Waals surface area contributed by atoms with E-state index < -0.39 is 39.1 Å². The van der Waals surface area contributed by atoms with Gasteiger partial charge >= 0.3 is 6.03 Å². The molecule has 4 aromatic rings. The van der Waals surface area contributed by atoms with Gasteiger partial charge in [0.1, 0.15) is 23.6 Å². The summed E-state index contributed by atoms with van der Waals surface area (Å²) in [5.74, 6) is 2.43. The van der Waals surface area contributed by atoms with Gasteiger partial charge in [0.25, 0.3) is 7.28 Å². The number of nitrogens with two attached hydrogens (primary N) is 1. The second-order valence-electron chi connectivity index (χ2n) is 14.3. The summed E-state index contributed by atoms with van der Waals surface area (Å²) in [6.07, 6.45) is 5.46. The molecule has 1 radical (unpaired) electrons. The number of ether oxygens (including phenoxy) is 3. The molecular weight excluding hydrogens is 747 g/mol. The molecular formula is C41H48BN6O8S. The fraction of sp³-hybridized carbons (Fsp3) is 0.390. The molecule has 0 unspecified atom stereocenters. The van der Waals surface area contributed by atoms with Crippen LogP contribution in [0, 0.1) is 6.92 Å². The number of carbonyl (C=O) groups is 3. The number of benzene rings is 3. The maximum absolute atomic E-state index is 14.4. The number of likely N-dealkylation sites (tertiary alicyclic amines) is 1. The van der Waals surface area contributed by atoms with Crippen molar-refractivity contribution in [3.8, 4) is 28.8 Å². The van der Waals surface area contributed by atoms with Gasteiger partial charge in [0.05, 0.1) is 36.9 Å². The number of urea groups is 1. The van der Waals surface area contributed by atoms with Crippen molar-refractivity contribution in [3.63, 3.8) is 0 Å². The van der Waals surface area contributed by atoms with Crippen LogP contribution in [-0.2, 0) is 21.4 Å². The van der Waals surface area contributed by atoms with Crippen LogP contribution in [0.4, 0.5) is 9.59 Å². The number of primary amides is 1. The number of nitrogens with one attached hydrogen (secondary N) is 1. The fourth-order valence-corrected chi connectivity index (χ4v) is 8.11. The van der Waals surface area contributed by atoms with Gasteiger partial charge in [-0.15, -0.1) is 5.98 Å². The van der Waals surface area contributed by atoms with Crippen molar-refractivity contribution in [1.29, 1.82) is 0 Å². The second-order valence-corrected chi connectivity index (χ2v) is 16.2. The van der Waals surface area contributed by atoms with Gasteiger partial charge in [-0.1, -0.05) is 55.0 Å². The van der Waals surface area contributed by atoms with Crippen LogP contribution in [0.3, 0.4) is 0 Å². The summed E-state index contributed by atoms with van der Waals surface area (Å²) in [6, 6.07) is 19.5. The molecule has 2 heterocycles. The number of methoxy groups -OCH3 is 2. The maximum atomic E-state index is 14.4. The molecule has 4 amide bonds. The van der Waals surface area contributed by atoms with Crippen molar-refractivity contribution < 1.29 is 37.0 Å². The zero-order chi connectivity index (χ0) is 40.5. The quantitative estimate of drug-likeness (QED) is 0.0959. The monoisotopic (exact) mass is 795 g/mol. The van der Waals surface area contributed by atoms with E-state index in [1.54, 1.807) is 25.1 Å². The van der Waals surface area contributed by atoms with Gasteiger partial charge in [-0.05, 0) is 68.9 Å². The smallest absolute Gasteiger partial charge is 0.321 e. The molecule has 0 bridgehead atoms. The Morgan fingerprint density at radius 1 is 0.982 bits per heavy atom. The van der Waals surface area contributed by atoms with Crippen LogP contribution < -0.4 is 24.7 Å². The number of aryl methyl sites for hydroxylation is 1. The Balaban J connectivity index is 1.14. The zero-order valence-electron chi connectivity index (χ0n) is 32.4. The molecule has 0 spiro atoms. The third-order valence-electron chi connectivity index (χ3n) is 10.1. The lowest BCUT2D eigenvalue weighted by Crippen LogP contribution is -2.49. The first-order valence-electron chi connectivity index (χ1n) is 19.1. The molecule has 2 fully saturated rings. The van der Waals surface area contributed by atoms with E-state index in [0.717, 1.165) is 29.5 Å². The highest BCUT2D eigenvalue weighted by Gasteiger charge is 2.42. The molecule has 1 aliphatic carbocycles. The number of fused-ring (bicyclic) bond motifs is 1. The van der Waals surface area contributed by atoms with Gasteiger partial charge in [-0.25, -0.2) is 18.2 Å². The van der Waals surface area contributed by atoms with Crippen molar-refractivity contribution in [2.24, 2.45) is 5.73 Å². The number of rotatable bonds is 18. The number of carbonyl (C=O) groups excluding carboxylic acids is 3. The molecule has 1 aromatic heterocycles. The zero-order valence-corrected chi connectivity index (χ0v) is 33.2. The molecule has 2 atom stereocenters. The van der Waals surface area contributed by atoms with Crippen LogP contribution in [0.25, 0.3) is 22.3 Å². The highest BCUT2D eigenvalue weighted by atomic mass is 32.2. The van der Waals surface area contributed by atoms with E-state index in [0.29, 0.717) is 72.9 Å². The van der Waals surface area contributed by atoms with Crippen LogP contribution in [0.5, 0.6) is 17.4 Å². The van der Waals surface area contributed by atoms with Gasteiger partial charge in [0, 0.05) is 30.6 Å². The Kier molecular flexibility index (Phi) is 13.3. The fourth-order valence-electron chi connectivity index (χ4n) is 6.84. The van der Waals surface area contributed by atoms with Gasteiger partial charge in [0.2, 0.25) is 21.8 Å². The Hall–Kier alpha value is -5.64. The minimum absolute atomic E-state index is 0.115. The molecule has 6 rings (SSSR count). The first-order chi connectivity index (χ1) is 27.5. The Morgan fingerprint density at radius 3 is 2.42 bits per heavy atom. The van der Waals surface area contributed by atoms with Crippen LogP contribution >= 0.6 is 0 Å². The van der Waals surface area contributed by atoms with E-state index in [1.807, 2.05) is 79.7 Å². The molecule has 1 saturated carbocycles. The molecule has 299 valence electrons. The third-order valence-corrected chi connectivity index (χ3v) is 11.9. The lowest BCUT2D eigenvalue weighted by Gasteiger charge is -2.31. The molecule has 1 aliphatic heterocycles. The Labute approximate surface area is 334 Å². The number of amides is 4. The van der Waals surface area contributed by atoms with E-state index in [2.05, 4.69) is 4.72 Å². The lowest BCUT2D eigenvalue weighted by atomic mass is 9.77. The van der Waals surface area contributed by atoms with Crippen LogP contribution in [0.2, 0.25) is 0 Å². The Bertz CT molecular complexity index is 2200. The number of hydrogen-bond donors (Lipinski definition) is 2. The number of hydrogen-bond acceptors (Lipinski definition) is 10. The van der Waals surface area contributed by atoms with Crippen molar-refractivity contribution in [3.05, 3.63) is 89.9 Å². The second kappa shape index (κ2) is 18.5. The highest BCUT2D eigenvalue weighted by molar-refractivity contribution is 7.91. The number of allylic oxidation sites excluding steroid dienone is 1. The Morgan fingerprint density at radius 2 is 1.74 bits per heavy atom. The van der Waals surface area contributed by atoms with E-state index >= 15 is 0 Å². The maximum Gasteiger partial charge on any atom is 0.321 e. The molecule has 1 saturated heterocycles. The summed E-state index contributed by atoms with van der Waals surface area (Å²) in [6.45, 7) is 2.74. The van der Waals surface area contributed by atoms with Crippen molar-refractivity contribution in [2.75, 3.05) is 27.3 Å². The average molecular weight is 796 g/mol. The standard InChI is InChI=1S/C41H48BN6O8S/c1-27-35(55-3)21-20-33-36(27)44-38(29-12-8-7-9-13-29)45-39(33)56-31-24-34(37(43)49)48(26-31)41(51)47(25-28-14-16-30(54-2)17-15-28)23-11-6-4-5-10-22-42-40(50)46-57(52,53)32-18-19-32/h7-10,12-17,20-22,31-32,34H,4-6,11,18-19,23-26H2,1-3H3,(H2,43,49)(H,46,50)/b22-10-/t31-,34+/m1/s1. The summed E-state index contributed by atoms with van der Waals surface area (Å²) in [5.41, 5.74) is 9.11. The van der Waals surface area contributed by atoms with E-state index in [9.17, 15) is 22.8 Å². The summed E-state index contributed by atoms with van der Waals surface area (Å²) < 4.78 is 43.5. The summed E-state index contributed by atoms with van der Waals surface area (Å²) >= 11 is 0. The van der Waals surface area contributed by atoms with Gasteiger partial charge < -0.3 is 29.7 Å². The third kappa shape index (κ3) is 10.4. The van der Waals surface area contributed by atoms with Gasteiger partial charge in [-0.3, -0.25) is 14.3 Å². The lowest BCUT2D eigenvalue weighted by molar-refractivity contribution is -0.121. The minimum atomic E-state index is -3.59. The average Bonchev–Trinajstić information content (AvgIpc) is 3.99. The minimum Gasteiger partial charge on any atom is -0.497 e. The summed E-state index contributed by atoms with van der Waals surface area (Å²) in [7, 11) is 0.822. The van der Waals surface area contributed by atoms with Crippen LogP contribution in [-0.4, -0.2) is 97.9 Å². The first kappa shape index (κ1) is 41.0. The topological polar surface area (TPSA) is 183 Å². The normalized spacial score (nSPS) is 16.7. The van der Waals surface area contributed by atoms with Crippen LogP contribution in [0.1, 0.15) is 56.1 Å². The molecule has 16 heteroatoms. The molecule has 2 aliphatic rings. The summed E-state index contributed by atoms with van der Waals surface area (Å²) in [5, 5.41) is 0.206. The number of nitrogens with zero attached hydrogens (tertiary/aromatic N) is 4. The molecule has 14 nitrogen and oxygen atoms in total. The van der Waals surface area contributed by atoms with E-state index in [-0.39, 0.29) is 19.0 Å². The van der Waals surface area contributed by atoms with E-state index in [1.165, 1.54) is 12.2 Å². The molecule has 3 aromatic carbocycles.